The predicted octanol–water partition coefficient (Wildman–Crippen LogP) is 2.85. The number of benzene rings is 1. The number of likely N-dealkylation sites (tertiary alicyclic amines) is 1. The number of carbonyl (C=O) groups excluding carboxylic acids is 2. The van der Waals surface area contributed by atoms with Crippen molar-refractivity contribution in [2.45, 2.75) is 38.4 Å². The van der Waals surface area contributed by atoms with Gasteiger partial charge in [0.15, 0.2) is 0 Å². The smallest absolute Gasteiger partial charge is 0.257 e. The lowest BCUT2D eigenvalue weighted by atomic mass is 10.1. The Bertz CT molecular complexity index is 1100. The SMILES string of the molecule is Cn1cnc2cccc(C(=O)N3CCC(S(C)(=O)=NC(=O)C4CC4(C)C)CC3)c21. The summed E-state index contributed by atoms with van der Waals surface area (Å²) in [5.41, 5.74) is 2.24. The highest BCUT2D eigenvalue weighted by Crippen LogP contribution is 2.52. The fraction of sp³-hybridized carbons (Fsp3) is 0.571. The van der Waals surface area contributed by atoms with Crippen LogP contribution in [0.3, 0.4) is 0 Å². The minimum Gasteiger partial charge on any atom is -0.338 e. The third kappa shape index (κ3) is 3.70. The molecule has 29 heavy (non-hydrogen) atoms. The minimum absolute atomic E-state index is 0.0152. The zero-order valence-electron chi connectivity index (χ0n) is 17.4. The molecule has 2 aliphatic rings. The largest absolute Gasteiger partial charge is 0.338 e. The zero-order chi connectivity index (χ0) is 21.0. The van der Waals surface area contributed by atoms with Crippen LogP contribution in [0.15, 0.2) is 28.9 Å². The van der Waals surface area contributed by atoms with Gasteiger partial charge < -0.3 is 9.47 Å². The van der Waals surface area contributed by atoms with Crippen LogP contribution >= 0.6 is 0 Å². The third-order valence-electron chi connectivity index (χ3n) is 6.40. The van der Waals surface area contributed by atoms with Crippen molar-refractivity contribution in [1.29, 1.82) is 0 Å². The highest BCUT2D eigenvalue weighted by atomic mass is 32.2. The number of fused-ring (bicyclic) bond motifs is 1. The molecule has 0 radical (unpaired) electrons. The summed E-state index contributed by atoms with van der Waals surface area (Å²) in [4.78, 5) is 31.6. The summed E-state index contributed by atoms with van der Waals surface area (Å²) in [5.74, 6) is -0.346. The molecule has 2 aromatic rings. The van der Waals surface area contributed by atoms with Crippen molar-refractivity contribution in [3.05, 3.63) is 30.1 Å². The molecule has 4 rings (SSSR count). The van der Waals surface area contributed by atoms with Crippen molar-refractivity contribution in [3.63, 3.8) is 0 Å². The maximum absolute atomic E-state index is 13.1. The highest BCUT2D eigenvalue weighted by molar-refractivity contribution is 7.93. The van der Waals surface area contributed by atoms with Crippen LogP contribution in [-0.4, -0.2) is 55.1 Å². The van der Waals surface area contributed by atoms with Gasteiger partial charge in [0.1, 0.15) is 0 Å². The van der Waals surface area contributed by atoms with E-state index >= 15 is 0 Å². The Kier molecular flexibility index (Phi) is 4.80. The molecular formula is C21H28N4O3S. The quantitative estimate of drug-likeness (QED) is 0.770. The Hall–Kier alpha value is -2.22. The van der Waals surface area contributed by atoms with Crippen LogP contribution < -0.4 is 0 Å². The lowest BCUT2D eigenvalue weighted by Gasteiger charge is -2.32. The molecule has 1 saturated carbocycles. The fourth-order valence-corrected chi connectivity index (χ4v) is 5.98. The van der Waals surface area contributed by atoms with Crippen LogP contribution in [-0.2, 0) is 21.6 Å². The van der Waals surface area contributed by atoms with Gasteiger partial charge in [-0.05, 0) is 36.8 Å². The molecule has 2 unspecified atom stereocenters. The second-order valence-corrected chi connectivity index (χ2v) is 11.6. The molecule has 1 aromatic heterocycles. The maximum atomic E-state index is 13.1. The van der Waals surface area contributed by atoms with Crippen LogP contribution in [0.4, 0.5) is 0 Å². The number of nitrogens with zero attached hydrogens (tertiary/aromatic N) is 4. The van der Waals surface area contributed by atoms with Gasteiger partial charge in [0, 0.05) is 37.6 Å². The fourth-order valence-electron chi connectivity index (χ4n) is 4.26. The molecule has 2 fully saturated rings. The molecule has 0 N–H and O–H groups in total. The van der Waals surface area contributed by atoms with E-state index in [4.69, 9.17) is 0 Å². The van der Waals surface area contributed by atoms with E-state index < -0.39 is 9.73 Å². The second kappa shape index (κ2) is 6.93. The molecule has 1 aliphatic carbocycles. The first-order chi connectivity index (χ1) is 13.6. The monoisotopic (exact) mass is 416 g/mol. The van der Waals surface area contributed by atoms with Gasteiger partial charge in [-0.1, -0.05) is 19.9 Å². The summed E-state index contributed by atoms with van der Waals surface area (Å²) < 4.78 is 19.1. The summed E-state index contributed by atoms with van der Waals surface area (Å²) in [7, 11) is -0.731. The van der Waals surface area contributed by atoms with Crippen molar-refractivity contribution >= 4 is 32.6 Å². The van der Waals surface area contributed by atoms with E-state index in [1.165, 1.54) is 0 Å². The number of carbonyl (C=O) groups is 2. The molecule has 1 aliphatic heterocycles. The maximum Gasteiger partial charge on any atom is 0.257 e. The number of aromatic nitrogens is 2. The van der Waals surface area contributed by atoms with Crippen LogP contribution in [0.2, 0.25) is 0 Å². The number of hydrogen-bond donors (Lipinski definition) is 0. The van der Waals surface area contributed by atoms with Gasteiger partial charge in [-0.25, -0.2) is 9.19 Å². The van der Waals surface area contributed by atoms with Gasteiger partial charge in [-0.3, -0.25) is 9.59 Å². The summed E-state index contributed by atoms with van der Waals surface area (Å²) in [6, 6.07) is 5.56. The van der Waals surface area contributed by atoms with Gasteiger partial charge in [0.2, 0.25) is 0 Å². The first-order valence-electron chi connectivity index (χ1n) is 10.0. The number of aryl methyl sites for hydroxylation is 1. The Labute approximate surface area is 171 Å². The predicted molar refractivity (Wildman–Crippen MR) is 113 cm³/mol. The van der Waals surface area contributed by atoms with Crippen LogP contribution in [0, 0.1) is 11.3 Å². The standard InChI is InChI=1S/C21H28N4O3S/c1-21(2)12-16(21)19(26)23-29(4,28)14-8-10-25(11-9-14)20(27)15-6-5-7-17-18(15)24(3)13-22-17/h5-7,13-14,16H,8-12H2,1-4H3. The minimum atomic E-state index is -2.61. The number of rotatable bonds is 3. The molecule has 0 spiro atoms. The summed E-state index contributed by atoms with van der Waals surface area (Å²) in [6.07, 6.45) is 5.30. The van der Waals surface area contributed by atoms with Crippen molar-refractivity contribution in [2.24, 2.45) is 22.7 Å². The van der Waals surface area contributed by atoms with Crippen molar-refractivity contribution in [3.8, 4) is 0 Å². The molecule has 0 bridgehead atoms. The topological polar surface area (TPSA) is 84.6 Å². The van der Waals surface area contributed by atoms with E-state index in [0.717, 1.165) is 17.5 Å². The van der Waals surface area contributed by atoms with Gasteiger partial charge >= 0.3 is 0 Å². The highest BCUT2D eigenvalue weighted by Gasteiger charge is 2.51. The van der Waals surface area contributed by atoms with E-state index in [1.54, 1.807) is 17.5 Å². The number of para-hydroxylation sites is 1. The molecule has 1 saturated heterocycles. The lowest BCUT2D eigenvalue weighted by Crippen LogP contribution is -2.42. The van der Waals surface area contributed by atoms with E-state index in [-0.39, 0.29) is 28.4 Å². The molecule has 2 heterocycles. The van der Waals surface area contributed by atoms with E-state index in [9.17, 15) is 13.8 Å². The van der Waals surface area contributed by atoms with Gasteiger partial charge in [0.25, 0.3) is 11.8 Å². The first kappa shape index (κ1) is 20.1. The number of piperidine rings is 1. The Morgan fingerprint density at radius 3 is 2.52 bits per heavy atom. The lowest BCUT2D eigenvalue weighted by molar-refractivity contribution is -0.119. The third-order valence-corrected chi connectivity index (χ3v) is 8.65. The van der Waals surface area contributed by atoms with Crippen molar-refractivity contribution < 1.29 is 13.8 Å². The molecule has 2 amide bonds. The number of hydrogen-bond acceptors (Lipinski definition) is 4. The average molecular weight is 417 g/mol. The Balaban J connectivity index is 1.46. The van der Waals surface area contributed by atoms with Crippen LogP contribution in [0.25, 0.3) is 11.0 Å². The molecule has 7 nitrogen and oxygen atoms in total. The average Bonchev–Trinajstić information content (AvgIpc) is 3.16. The molecule has 8 heteroatoms. The second-order valence-electron chi connectivity index (χ2n) is 9.06. The number of amides is 2. The molecule has 1 aromatic carbocycles. The van der Waals surface area contributed by atoms with E-state index in [2.05, 4.69) is 9.35 Å². The Morgan fingerprint density at radius 2 is 1.90 bits per heavy atom. The summed E-state index contributed by atoms with van der Waals surface area (Å²) >= 11 is 0. The molecular weight excluding hydrogens is 388 g/mol. The van der Waals surface area contributed by atoms with Crippen LogP contribution in [0.5, 0.6) is 0 Å². The zero-order valence-corrected chi connectivity index (χ0v) is 18.2. The summed E-state index contributed by atoms with van der Waals surface area (Å²) in [6.45, 7) is 5.10. The van der Waals surface area contributed by atoms with Crippen molar-refractivity contribution in [1.82, 2.24) is 14.5 Å². The van der Waals surface area contributed by atoms with Crippen molar-refractivity contribution in [2.75, 3.05) is 19.3 Å². The normalized spacial score (nSPS) is 23.6. The molecule has 2 atom stereocenters. The van der Waals surface area contributed by atoms with Gasteiger partial charge in [-0.15, -0.1) is 0 Å². The van der Waals surface area contributed by atoms with Gasteiger partial charge in [-0.2, -0.15) is 4.36 Å². The van der Waals surface area contributed by atoms with E-state index in [1.807, 2.05) is 43.7 Å². The molecule has 156 valence electrons. The Morgan fingerprint density at radius 1 is 1.24 bits per heavy atom. The summed E-state index contributed by atoms with van der Waals surface area (Å²) in [5, 5.41) is -0.162. The first-order valence-corrected chi connectivity index (χ1v) is 12.0. The van der Waals surface area contributed by atoms with Crippen LogP contribution in [0.1, 0.15) is 43.5 Å². The van der Waals surface area contributed by atoms with E-state index in [0.29, 0.717) is 31.5 Å². The number of imidazole rings is 1. The van der Waals surface area contributed by atoms with Gasteiger partial charge in [0.05, 0.1) is 32.7 Å².